The molecule has 0 aliphatic heterocycles. The molecular formula is C12H18O3S. The van der Waals surface area contributed by atoms with Crippen LogP contribution in [0.25, 0.3) is 0 Å². The van der Waals surface area contributed by atoms with E-state index in [2.05, 4.69) is 0 Å². The first kappa shape index (κ1) is 13.2. The van der Waals surface area contributed by atoms with Gasteiger partial charge in [-0.25, -0.2) is 8.42 Å². The van der Waals surface area contributed by atoms with Crippen LogP contribution < -0.4 is 0 Å². The molecule has 1 rings (SSSR count). The van der Waals surface area contributed by atoms with Crippen molar-refractivity contribution in [2.75, 3.05) is 0 Å². The third-order valence-electron chi connectivity index (χ3n) is 2.58. The van der Waals surface area contributed by atoms with Crippen molar-refractivity contribution in [3.8, 4) is 0 Å². The lowest BCUT2D eigenvalue weighted by molar-refractivity contribution is 0.183. The second-order valence-electron chi connectivity index (χ2n) is 3.93. The normalized spacial score (nSPS) is 15.7. The van der Waals surface area contributed by atoms with Crippen LogP contribution in [0.3, 0.4) is 0 Å². The van der Waals surface area contributed by atoms with Gasteiger partial charge in [0.1, 0.15) is 0 Å². The second-order valence-corrected chi connectivity index (χ2v) is 6.09. The Morgan fingerprint density at radius 3 is 2.25 bits per heavy atom. The Bertz CT molecular complexity index is 409. The third kappa shape index (κ3) is 2.83. The fourth-order valence-corrected chi connectivity index (χ4v) is 3.68. The van der Waals surface area contributed by atoms with Crippen LogP contribution in [0.5, 0.6) is 0 Å². The van der Waals surface area contributed by atoms with Crippen LogP contribution in [-0.4, -0.2) is 24.9 Å². The molecule has 0 saturated heterocycles. The lowest BCUT2D eigenvalue weighted by Gasteiger charge is -2.19. The molecule has 1 aromatic rings. The number of hydrogen-bond acceptors (Lipinski definition) is 3. The van der Waals surface area contributed by atoms with E-state index in [4.69, 9.17) is 0 Å². The van der Waals surface area contributed by atoms with Crippen molar-refractivity contribution in [3.05, 3.63) is 30.3 Å². The summed E-state index contributed by atoms with van der Waals surface area (Å²) in [6.07, 6.45) is 0.376. The summed E-state index contributed by atoms with van der Waals surface area (Å²) in [6.45, 7) is 3.44. The maximum Gasteiger partial charge on any atom is 0.183 e. The molecule has 0 amide bonds. The predicted octanol–water partition coefficient (Wildman–Crippen LogP) is 2.01. The first-order valence-electron chi connectivity index (χ1n) is 5.47. The van der Waals surface area contributed by atoms with Crippen LogP contribution in [0.1, 0.15) is 26.7 Å². The highest BCUT2D eigenvalue weighted by Crippen LogP contribution is 2.21. The van der Waals surface area contributed by atoms with E-state index in [1.165, 1.54) is 6.92 Å². The van der Waals surface area contributed by atoms with Crippen LogP contribution >= 0.6 is 0 Å². The summed E-state index contributed by atoms with van der Waals surface area (Å²) in [5.74, 6) is 0. The molecule has 0 fully saturated rings. The van der Waals surface area contributed by atoms with Gasteiger partial charge in [0.25, 0.3) is 0 Å². The smallest absolute Gasteiger partial charge is 0.183 e. The average Bonchev–Trinajstić information content (AvgIpc) is 2.26. The quantitative estimate of drug-likeness (QED) is 0.859. The molecule has 0 aliphatic carbocycles. The molecule has 4 heteroatoms. The molecule has 0 saturated carbocycles. The van der Waals surface area contributed by atoms with Gasteiger partial charge in [0.05, 0.1) is 16.2 Å². The number of benzene rings is 1. The fraction of sp³-hybridized carbons (Fsp3) is 0.500. The van der Waals surface area contributed by atoms with Crippen molar-refractivity contribution in [2.24, 2.45) is 0 Å². The molecule has 90 valence electrons. The van der Waals surface area contributed by atoms with E-state index in [-0.39, 0.29) is 4.90 Å². The molecule has 1 N–H and O–H groups in total. The molecule has 0 aliphatic rings. The van der Waals surface area contributed by atoms with Crippen LogP contribution in [0.15, 0.2) is 35.2 Å². The minimum Gasteiger partial charge on any atom is -0.392 e. The van der Waals surface area contributed by atoms with Gasteiger partial charge in [0.2, 0.25) is 0 Å². The molecule has 0 aromatic heterocycles. The van der Waals surface area contributed by atoms with E-state index >= 15 is 0 Å². The van der Waals surface area contributed by atoms with Gasteiger partial charge < -0.3 is 5.11 Å². The molecule has 16 heavy (non-hydrogen) atoms. The number of aliphatic hydroxyl groups is 1. The number of sulfone groups is 1. The maximum atomic E-state index is 12.2. The molecule has 0 spiro atoms. The summed E-state index contributed by atoms with van der Waals surface area (Å²) in [5, 5.41) is 8.85. The lowest BCUT2D eigenvalue weighted by atomic mass is 10.2. The van der Waals surface area contributed by atoms with E-state index in [9.17, 15) is 13.5 Å². The van der Waals surface area contributed by atoms with Crippen LogP contribution in [0.2, 0.25) is 0 Å². The summed E-state index contributed by atoms with van der Waals surface area (Å²) >= 11 is 0. The van der Waals surface area contributed by atoms with Gasteiger partial charge in [-0.1, -0.05) is 31.5 Å². The van der Waals surface area contributed by atoms with E-state index < -0.39 is 21.2 Å². The van der Waals surface area contributed by atoms with Crippen molar-refractivity contribution in [1.29, 1.82) is 0 Å². The fourth-order valence-electron chi connectivity index (χ4n) is 1.73. The first-order valence-corrected chi connectivity index (χ1v) is 7.01. The van der Waals surface area contributed by atoms with Crippen LogP contribution in [0.4, 0.5) is 0 Å². The summed E-state index contributed by atoms with van der Waals surface area (Å²) in [4.78, 5) is 0.286. The highest BCUT2D eigenvalue weighted by Gasteiger charge is 2.30. The highest BCUT2D eigenvalue weighted by atomic mass is 32.2. The van der Waals surface area contributed by atoms with E-state index in [0.29, 0.717) is 6.42 Å². The minimum absolute atomic E-state index is 0.286. The van der Waals surface area contributed by atoms with Crippen LogP contribution in [0, 0.1) is 0 Å². The Labute approximate surface area is 97.0 Å². The standard InChI is InChI=1S/C12H18O3S/c1-3-7-12(10(2)13)16(14,15)11-8-5-4-6-9-11/h4-6,8-10,12-13H,3,7H2,1-2H3/t10-,12+/m0/s1. The molecule has 2 atom stereocenters. The van der Waals surface area contributed by atoms with Crippen molar-refractivity contribution in [2.45, 2.75) is 42.9 Å². The van der Waals surface area contributed by atoms with Crippen molar-refractivity contribution < 1.29 is 13.5 Å². The molecule has 0 unspecified atom stereocenters. The largest absolute Gasteiger partial charge is 0.392 e. The Balaban J connectivity index is 3.09. The van der Waals surface area contributed by atoms with Crippen molar-refractivity contribution >= 4 is 9.84 Å². The summed E-state index contributed by atoms with van der Waals surface area (Å²) in [7, 11) is -3.41. The van der Waals surface area contributed by atoms with Gasteiger partial charge in [-0.2, -0.15) is 0 Å². The monoisotopic (exact) mass is 242 g/mol. The Morgan fingerprint density at radius 1 is 1.25 bits per heavy atom. The van der Waals surface area contributed by atoms with E-state index in [1.807, 2.05) is 6.92 Å². The molecule has 1 aromatic carbocycles. The maximum absolute atomic E-state index is 12.2. The average molecular weight is 242 g/mol. The van der Waals surface area contributed by atoms with Gasteiger partial charge in [-0.05, 0) is 25.5 Å². The van der Waals surface area contributed by atoms with Gasteiger partial charge >= 0.3 is 0 Å². The zero-order valence-corrected chi connectivity index (χ0v) is 10.4. The zero-order valence-electron chi connectivity index (χ0n) is 9.63. The summed E-state index contributed by atoms with van der Waals surface area (Å²) in [5.41, 5.74) is 0. The Kier molecular flexibility index (Phi) is 4.50. The summed E-state index contributed by atoms with van der Waals surface area (Å²) in [6, 6.07) is 8.30. The zero-order chi connectivity index (χ0) is 12.2. The van der Waals surface area contributed by atoms with E-state index in [1.54, 1.807) is 30.3 Å². The van der Waals surface area contributed by atoms with Gasteiger partial charge in [-0.15, -0.1) is 0 Å². The molecule has 0 bridgehead atoms. The molecule has 3 nitrogen and oxygen atoms in total. The van der Waals surface area contributed by atoms with Gasteiger partial charge in [0, 0.05) is 0 Å². The van der Waals surface area contributed by atoms with Crippen molar-refractivity contribution in [1.82, 2.24) is 0 Å². The molecule has 0 radical (unpaired) electrons. The topological polar surface area (TPSA) is 54.4 Å². The predicted molar refractivity (Wildman–Crippen MR) is 64.0 cm³/mol. The number of hydrogen-bond donors (Lipinski definition) is 1. The third-order valence-corrected chi connectivity index (χ3v) is 4.94. The lowest BCUT2D eigenvalue weighted by Crippen LogP contribution is -2.32. The molecule has 0 heterocycles. The summed E-state index contributed by atoms with van der Waals surface area (Å²) < 4.78 is 24.4. The van der Waals surface area contributed by atoms with Crippen molar-refractivity contribution in [3.63, 3.8) is 0 Å². The van der Waals surface area contributed by atoms with E-state index in [0.717, 1.165) is 6.42 Å². The number of rotatable bonds is 5. The highest BCUT2D eigenvalue weighted by molar-refractivity contribution is 7.92. The van der Waals surface area contributed by atoms with Crippen LogP contribution in [-0.2, 0) is 9.84 Å². The second kappa shape index (κ2) is 5.46. The minimum atomic E-state index is -3.41. The number of aliphatic hydroxyl groups excluding tert-OH is 1. The SMILES string of the molecule is CCC[C@H]([C@H](C)O)S(=O)(=O)c1ccccc1. The Morgan fingerprint density at radius 2 is 1.81 bits per heavy atom. The van der Waals surface area contributed by atoms with Gasteiger partial charge in [0.15, 0.2) is 9.84 Å². The Hall–Kier alpha value is -0.870. The van der Waals surface area contributed by atoms with Gasteiger partial charge in [-0.3, -0.25) is 0 Å². The molecular weight excluding hydrogens is 224 g/mol. The first-order chi connectivity index (χ1) is 7.50.